The highest BCUT2D eigenvalue weighted by Crippen LogP contribution is 2.39. The number of carboxylic acid groups (broad SMARTS) is 1. The third-order valence-electron chi connectivity index (χ3n) is 5.46. The van der Waals surface area contributed by atoms with Gasteiger partial charge in [-0.05, 0) is 49.9 Å². The summed E-state index contributed by atoms with van der Waals surface area (Å²) < 4.78 is 15.9. The molecule has 156 valence electrons. The largest absolute Gasteiger partial charge is 0.493 e. The van der Waals surface area contributed by atoms with Crippen molar-refractivity contribution in [2.45, 2.75) is 45.6 Å². The number of amides is 1. The van der Waals surface area contributed by atoms with Gasteiger partial charge in [0.2, 0.25) is 5.91 Å². The van der Waals surface area contributed by atoms with Crippen molar-refractivity contribution in [2.24, 2.45) is 0 Å². The predicted molar refractivity (Wildman–Crippen MR) is 104 cm³/mol. The molecule has 1 aliphatic rings. The molecule has 1 amide bonds. The lowest BCUT2D eigenvalue weighted by Crippen LogP contribution is -2.41. The Kier molecular flexibility index (Phi) is 6.10. The van der Waals surface area contributed by atoms with Gasteiger partial charge in [-0.15, -0.1) is 0 Å². The summed E-state index contributed by atoms with van der Waals surface area (Å²) in [4.78, 5) is 26.2. The third-order valence-corrected chi connectivity index (χ3v) is 5.46. The van der Waals surface area contributed by atoms with Crippen LogP contribution in [0.25, 0.3) is 0 Å². The van der Waals surface area contributed by atoms with Gasteiger partial charge >= 0.3 is 5.97 Å². The highest BCUT2D eigenvalue weighted by atomic mass is 16.5. The molecule has 0 bridgehead atoms. The summed E-state index contributed by atoms with van der Waals surface area (Å²) in [6, 6.07) is 3.11. The Morgan fingerprint density at radius 2 is 1.93 bits per heavy atom. The number of aromatic nitrogens is 1. The van der Waals surface area contributed by atoms with Crippen LogP contribution in [0.1, 0.15) is 47.0 Å². The predicted octanol–water partition coefficient (Wildman–Crippen LogP) is 2.84. The zero-order valence-electron chi connectivity index (χ0n) is 17.2. The second-order valence-electron chi connectivity index (χ2n) is 7.16. The number of methoxy groups -OCH3 is 2. The van der Waals surface area contributed by atoms with Crippen molar-refractivity contribution in [3.8, 4) is 11.5 Å². The molecule has 29 heavy (non-hydrogen) atoms. The van der Waals surface area contributed by atoms with Gasteiger partial charge in [0, 0.05) is 18.5 Å². The van der Waals surface area contributed by atoms with Crippen molar-refractivity contribution in [3.63, 3.8) is 0 Å². The highest BCUT2D eigenvalue weighted by molar-refractivity contribution is 5.79. The molecule has 0 radical (unpaired) electrons. The fourth-order valence-corrected chi connectivity index (χ4v) is 3.95. The van der Waals surface area contributed by atoms with Gasteiger partial charge < -0.3 is 24.0 Å². The van der Waals surface area contributed by atoms with E-state index in [1.54, 1.807) is 18.1 Å². The van der Waals surface area contributed by atoms with Crippen molar-refractivity contribution in [1.29, 1.82) is 0 Å². The molecule has 1 aromatic carbocycles. The van der Waals surface area contributed by atoms with Gasteiger partial charge in [-0.25, -0.2) is 0 Å². The average molecular weight is 402 g/mol. The quantitative estimate of drug-likeness (QED) is 0.760. The second kappa shape index (κ2) is 8.55. The van der Waals surface area contributed by atoms with E-state index in [9.17, 15) is 14.7 Å². The molecule has 1 aliphatic heterocycles. The van der Waals surface area contributed by atoms with E-state index in [4.69, 9.17) is 14.0 Å². The number of benzene rings is 1. The first-order valence-electron chi connectivity index (χ1n) is 9.53. The number of aryl methyl sites for hydroxylation is 2. The normalized spacial score (nSPS) is 15.7. The molecule has 1 N–H and O–H groups in total. The molecule has 0 spiro atoms. The summed E-state index contributed by atoms with van der Waals surface area (Å²) in [5.41, 5.74) is 3.47. The van der Waals surface area contributed by atoms with E-state index in [0.29, 0.717) is 36.6 Å². The first-order valence-corrected chi connectivity index (χ1v) is 9.53. The SMILES string of the molecule is COc1cc2c(cc1OC)C(CC(=O)O)N(C(=O)CCc1c(C)noc1C)CC2. The molecular weight excluding hydrogens is 376 g/mol. The van der Waals surface area contributed by atoms with Gasteiger partial charge in [0.05, 0.1) is 32.4 Å². The lowest BCUT2D eigenvalue weighted by atomic mass is 9.89. The fourth-order valence-electron chi connectivity index (χ4n) is 3.95. The molecule has 8 nitrogen and oxygen atoms in total. The first-order chi connectivity index (χ1) is 13.8. The minimum atomic E-state index is -0.957. The van der Waals surface area contributed by atoms with Crippen molar-refractivity contribution in [2.75, 3.05) is 20.8 Å². The lowest BCUT2D eigenvalue weighted by Gasteiger charge is -2.37. The molecule has 8 heteroatoms. The summed E-state index contributed by atoms with van der Waals surface area (Å²) in [6.45, 7) is 4.13. The minimum Gasteiger partial charge on any atom is -0.493 e. The number of fused-ring (bicyclic) bond motifs is 1. The van der Waals surface area contributed by atoms with Crippen molar-refractivity contribution in [3.05, 3.63) is 40.3 Å². The van der Waals surface area contributed by atoms with Gasteiger partial charge in [0.1, 0.15) is 5.76 Å². The van der Waals surface area contributed by atoms with Gasteiger partial charge in [-0.3, -0.25) is 9.59 Å². The zero-order chi connectivity index (χ0) is 21.1. The van der Waals surface area contributed by atoms with E-state index < -0.39 is 12.0 Å². The van der Waals surface area contributed by atoms with Crippen LogP contribution in [0, 0.1) is 13.8 Å². The van der Waals surface area contributed by atoms with Crippen LogP contribution < -0.4 is 9.47 Å². The summed E-state index contributed by atoms with van der Waals surface area (Å²) in [6.07, 6.45) is 1.24. The number of hydrogen-bond acceptors (Lipinski definition) is 6. The second-order valence-corrected chi connectivity index (χ2v) is 7.16. The number of ether oxygens (including phenoxy) is 2. The van der Waals surface area contributed by atoms with Crippen LogP contribution in [0.4, 0.5) is 0 Å². The number of nitrogens with zero attached hydrogens (tertiary/aromatic N) is 2. The van der Waals surface area contributed by atoms with Crippen LogP contribution >= 0.6 is 0 Å². The molecule has 0 aliphatic carbocycles. The smallest absolute Gasteiger partial charge is 0.305 e. The molecule has 2 heterocycles. The Morgan fingerprint density at radius 1 is 1.24 bits per heavy atom. The average Bonchev–Trinajstić information content (AvgIpc) is 3.02. The van der Waals surface area contributed by atoms with Crippen molar-refractivity contribution in [1.82, 2.24) is 10.1 Å². The molecule has 0 saturated heterocycles. The monoisotopic (exact) mass is 402 g/mol. The number of carboxylic acids is 1. The zero-order valence-corrected chi connectivity index (χ0v) is 17.2. The summed E-state index contributed by atoms with van der Waals surface area (Å²) in [5, 5.41) is 13.4. The number of aliphatic carboxylic acids is 1. The number of carbonyl (C=O) groups is 2. The van der Waals surface area contributed by atoms with E-state index in [1.807, 2.05) is 19.9 Å². The van der Waals surface area contributed by atoms with E-state index in [0.717, 1.165) is 22.4 Å². The van der Waals surface area contributed by atoms with Crippen LogP contribution in [0.2, 0.25) is 0 Å². The summed E-state index contributed by atoms with van der Waals surface area (Å²) in [7, 11) is 3.10. The third kappa shape index (κ3) is 4.21. The molecule has 2 aromatic rings. The first kappa shape index (κ1) is 20.7. The molecule has 1 aromatic heterocycles. The Morgan fingerprint density at radius 3 is 2.52 bits per heavy atom. The molecule has 1 unspecified atom stereocenters. The van der Waals surface area contributed by atoms with Crippen LogP contribution in [-0.4, -0.2) is 47.8 Å². The van der Waals surface area contributed by atoms with Crippen LogP contribution in [0.3, 0.4) is 0 Å². The Bertz CT molecular complexity index is 901. The maximum Gasteiger partial charge on any atom is 0.305 e. The maximum atomic E-state index is 13.0. The van der Waals surface area contributed by atoms with Gasteiger partial charge in [0.25, 0.3) is 0 Å². The standard InChI is InChI=1S/C21H26N2O6/c1-12-15(13(2)29-22-12)5-6-20(24)23-8-7-14-9-18(27-3)19(28-4)10-16(14)17(23)11-21(25)26/h9-10,17H,5-8,11H2,1-4H3,(H,25,26). The van der Waals surface area contributed by atoms with Crippen LogP contribution in [0.15, 0.2) is 16.7 Å². The topological polar surface area (TPSA) is 102 Å². The minimum absolute atomic E-state index is 0.0864. The number of rotatable bonds is 7. The van der Waals surface area contributed by atoms with Gasteiger partial charge in [0.15, 0.2) is 11.5 Å². The van der Waals surface area contributed by atoms with Crippen LogP contribution in [-0.2, 0) is 22.4 Å². The van der Waals surface area contributed by atoms with E-state index in [-0.39, 0.29) is 18.7 Å². The Hall–Kier alpha value is -3.03. The number of carbonyl (C=O) groups excluding carboxylic acids is 1. The highest BCUT2D eigenvalue weighted by Gasteiger charge is 2.33. The van der Waals surface area contributed by atoms with E-state index in [2.05, 4.69) is 5.16 Å². The molecule has 0 fully saturated rings. The summed E-state index contributed by atoms with van der Waals surface area (Å²) >= 11 is 0. The molecular formula is C21H26N2O6. The lowest BCUT2D eigenvalue weighted by molar-refractivity contribution is -0.141. The molecule has 0 saturated carbocycles. The van der Waals surface area contributed by atoms with Gasteiger partial charge in [-0.1, -0.05) is 5.16 Å². The molecule has 1 atom stereocenters. The fraction of sp³-hybridized carbons (Fsp3) is 0.476. The van der Waals surface area contributed by atoms with Crippen molar-refractivity contribution < 1.29 is 28.7 Å². The number of hydrogen-bond donors (Lipinski definition) is 1. The van der Waals surface area contributed by atoms with Gasteiger partial charge in [-0.2, -0.15) is 0 Å². The Labute approximate surface area is 169 Å². The molecule has 3 rings (SSSR count). The Balaban J connectivity index is 1.87. The maximum absolute atomic E-state index is 13.0. The van der Waals surface area contributed by atoms with Crippen molar-refractivity contribution >= 4 is 11.9 Å². The van der Waals surface area contributed by atoms with E-state index >= 15 is 0 Å². The van der Waals surface area contributed by atoms with Crippen LogP contribution in [0.5, 0.6) is 11.5 Å². The van der Waals surface area contributed by atoms with E-state index in [1.165, 1.54) is 7.11 Å². The summed E-state index contributed by atoms with van der Waals surface area (Å²) in [5.74, 6) is 0.779.